The molecule has 0 amide bonds. The number of halogens is 1. The molecule has 1 aromatic heterocycles. The van der Waals surface area contributed by atoms with Gasteiger partial charge in [-0.05, 0) is 49.4 Å². The van der Waals surface area contributed by atoms with E-state index in [0.29, 0.717) is 12.0 Å². The quantitative estimate of drug-likeness (QED) is 0.912. The highest BCUT2D eigenvalue weighted by atomic mass is 19.1. The van der Waals surface area contributed by atoms with Gasteiger partial charge in [0.15, 0.2) is 0 Å². The molecule has 2 aliphatic rings. The fraction of sp³-hybridized carbons (Fsp3) is 0.474. The molecule has 2 heterocycles. The Balaban J connectivity index is 1.29. The number of anilines is 1. The van der Waals surface area contributed by atoms with Gasteiger partial charge in [-0.25, -0.2) is 14.4 Å². The van der Waals surface area contributed by atoms with Crippen molar-refractivity contribution in [3.05, 3.63) is 53.7 Å². The fourth-order valence-corrected chi connectivity index (χ4v) is 3.33. The van der Waals surface area contributed by atoms with Crippen LogP contribution in [0.1, 0.15) is 43.0 Å². The Bertz CT molecular complexity index is 693. The lowest BCUT2D eigenvalue weighted by molar-refractivity contribution is 0.211. The first kappa shape index (κ1) is 15.5. The summed E-state index contributed by atoms with van der Waals surface area (Å²) in [7, 11) is 0. The van der Waals surface area contributed by atoms with Crippen LogP contribution in [0, 0.1) is 5.82 Å². The minimum absolute atomic E-state index is 0.153. The molecule has 2 aromatic rings. The van der Waals surface area contributed by atoms with Crippen LogP contribution in [0.3, 0.4) is 0 Å². The van der Waals surface area contributed by atoms with Crippen molar-refractivity contribution >= 4 is 5.82 Å². The number of aromatic nitrogens is 2. The van der Waals surface area contributed by atoms with Crippen LogP contribution in [-0.2, 0) is 6.54 Å². The van der Waals surface area contributed by atoms with Crippen molar-refractivity contribution in [2.45, 2.75) is 44.2 Å². The van der Waals surface area contributed by atoms with Gasteiger partial charge in [0.2, 0.25) is 0 Å². The first-order valence-corrected chi connectivity index (χ1v) is 8.82. The molecule has 2 fully saturated rings. The molecular formula is C19H23FN4. The van der Waals surface area contributed by atoms with Crippen molar-refractivity contribution in [3.8, 4) is 0 Å². The van der Waals surface area contributed by atoms with Crippen LogP contribution in [0.5, 0.6) is 0 Å². The second kappa shape index (κ2) is 6.85. The Hall–Kier alpha value is -2.01. The standard InChI is InChI=1S/C19H23FN4/c20-16-3-1-2-14(12-16)13-24-10-7-17(8-11-24)22-18-6-9-21-19(23-18)15-4-5-15/h1-3,6,9,12,15,17H,4-5,7-8,10-11,13H2,(H,21,22,23). The maximum absolute atomic E-state index is 13.3. The number of piperidine rings is 1. The number of nitrogens with one attached hydrogen (secondary N) is 1. The molecule has 1 aliphatic carbocycles. The summed E-state index contributed by atoms with van der Waals surface area (Å²) >= 11 is 0. The molecule has 24 heavy (non-hydrogen) atoms. The Labute approximate surface area is 142 Å². The third-order valence-corrected chi connectivity index (χ3v) is 4.85. The third-order valence-electron chi connectivity index (χ3n) is 4.85. The van der Waals surface area contributed by atoms with E-state index in [1.165, 1.54) is 18.9 Å². The number of hydrogen-bond donors (Lipinski definition) is 1. The van der Waals surface area contributed by atoms with Crippen LogP contribution in [0.25, 0.3) is 0 Å². The summed E-state index contributed by atoms with van der Waals surface area (Å²) in [6.07, 6.45) is 6.47. The number of hydrogen-bond acceptors (Lipinski definition) is 4. The van der Waals surface area contributed by atoms with E-state index in [9.17, 15) is 4.39 Å². The summed E-state index contributed by atoms with van der Waals surface area (Å²) in [5, 5.41) is 3.56. The van der Waals surface area contributed by atoms with E-state index in [-0.39, 0.29) is 5.82 Å². The van der Waals surface area contributed by atoms with Gasteiger partial charge in [0.05, 0.1) is 0 Å². The molecule has 126 valence electrons. The molecule has 0 atom stereocenters. The highest BCUT2D eigenvalue weighted by Gasteiger charge is 2.27. The topological polar surface area (TPSA) is 41.0 Å². The predicted molar refractivity (Wildman–Crippen MR) is 92.3 cm³/mol. The van der Waals surface area contributed by atoms with Crippen molar-refractivity contribution in [1.29, 1.82) is 0 Å². The molecule has 5 heteroatoms. The molecule has 1 aromatic carbocycles. The number of likely N-dealkylation sites (tertiary alicyclic amines) is 1. The highest BCUT2D eigenvalue weighted by molar-refractivity contribution is 5.35. The van der Waals surface area contributed by atoms with Crippen molar-refractivity contribution in [1.82, 2.24) is 14.9 Å². The van der Waals surface area contributed by atoms with Gasteiger partial charge in [0, 0.05) is 37.8 Å². The fourth-order valence-electron chi connectivity index (χ4n) is 3.33. The Morgan fingerprint density at radius 1 is 1.12 bits per heavy atom. The average Bonchev–Trinajstić information content (AvgIpc) is 3.42. The molecule has 1 N–H and O–H groups in total. The van der Waals surface area contributed by atoms with Crippen molar-refractivity contribution in [2.24, 2.45) is 0 Å². The van der Waals surface area contributed by atoms with E-state index in [2.05, 4.69) is 20.2 Å². The zero-order chi connectivity index (χ0) is 16.4. The van der Waals surface area contributed by atoms with Crippen LogP contribution in [0.2, 0.25) is 0 Å². The maximum Gasteiger partial charge on any atom is 0.133 e. The SMILES string of the molecule is Fc1cccc(CN2CCC(Nc3ccnc(C4CC4)n3)CC2)c1. The van der Waals surface area contributed by atoms with E-state index < -0.39 is 0 Å². The second-order valence-electron chi connectivity index (χ2n) is 6.90. The molecular weight excluding hydrogens is 303 g/mol. The molecule has 1 saturated heterocycles. The third kappa shape index (κ3) is 3.90. The molecule has 1 aliphatic heterocycles. The normalized spacial score (nSPS) is 19.4. The summed E-state index contributed by atoms with van der Waals surface area (Å²) in [5.74, 6) is 2.37. The summed E-state index contributed by atoms with van der Waals surface area (Å²) < 4.78 is 13.3. The van der Waals surface area contributed by atoms with E-state index in [1.54, 1.807) is 12.1 Å². The van der Waals surface area contributed by atoms with Crippen LogP contribution in [-0.4, -0.2) is 34.0 Å². The monoisotopic (exact) mass is 326 g/mol. The predicted octanol–water partition coefficient (Wildman–Crippen LogP) is 3.57. The van der Waals surface area contributed by atoms with Crippen LogP contribution < -0.4 is 5.32 Å². The van der Waals surface area contributed by atoms with Gasteiger partial charge in [-0.1, -0.05) is 12.1 Å². The molecule has 4 rings (SSSR count). The zero-order valence-electron chi connectivity index (χ0n) is 13.8. The molecule has 0 spiro atoms. The summed E-state index contributed by atoms with van der Waals surface area (Å²) in [5.41, 5.74) is 1.05. The van der Waals surface area contributed by atoms with E-state index in [4.69, 9.17) is 0 Å². The van der Waals surface area contributed by atoms with E-state index >= 15 is 0 Å². The summed E-state index contributed by atoms with van der Waals surface area (Å²) in [4.78, 5) is 11.4. The van der Waals surface area contributed by atoms with Crippen LogP contribution >= 0.6 is 0 Å². The molecule has 1 saturated carbocycles. The largest absolute Gasteiger partial charge is 0.367 e. The first-order chi connectivity index (χ1) is 11.8. The lowest BCUT2D eigenvalue weighted by Crippen LogP contribution is -2.38. The van der Waals surface area contributed by atoms with Crippen molar-refractivity contribution in [2.75, 3.05) is 18.4 Å². The van der Waals surface area contributed by atoms with E-state index in [1.807, 2.05) is 18.3 Å². The van der Waals surface area contributed by atoms with Gasteiger partial charge < -0.3 is 5.32 Å². The summed E-state index contributed by atoms with van der Waals surface area (Å²) in [6, 6.07) is 9.32. The van der Waals surface area contributed by atoms with Crippen LogP contribution in [0.4, 0.5) is 10.2 Å². The smallest absolute Gasteiger partial charge is 0.133 e. The lowest BCUT2D eigenvalue weighted by Gasteiger charge is -2.32. The zero-order valence-corrected chi connectivity index (χ0v) is 13.8. The molecule has 0 bridgehead atoms. The first-order valence-electron chi connectivity index (χ1n) is 8.82. The Kier molecular flexibility index (Phi) is 4.43. The van der Waals surface area contributed by atoms with Gasteiger partial charge in [0.25, 0.3) is 0 Å². The molecule has 0 radical (unpaired) electrons. The minimum Gasteiger partial charge on any atom is -0.367 e. The minimum atomic E-state index is -0.153. The molecule has 4 nitrogen and oxygen atoms in total. The number of benzene rings is 1. The van der Waals surface area contributed by atoms with Crippen molar-refractivity contribution < 1.29 is 4.39 Å². The van der Waals surface area contributed by atoms with Crippen molar-refractivity contribution in [3.63, 3.8) is 0 Å². The molecule has 0 unspecified atom stereocenters. The van der Waals surface area contributed by atoms with Gasteiger partial charge in [-0.15, -0.1) is 0 Å². The highest BCUT2D eigenvalue weighted by Crippen LogP contribution is 2.38. The lowest BCUT2D eigenvalue weighted by atomic mass is 10.0. The second-order valence-corrected chi connectivity index (χ2v) is 6.90. The number of rotatable bonds is 5. The van der Waals surface area contributed by atoms with Crippen LogP contribution in [0.15, 0.2) is 36.5 Å². The Morgan fingerprint density at radius 2 is 1.96 bits per heavy atom. The number of nitrogens with zero attached hydrogens (tertiary/aromatic N) is 3. The maximum atomic E-state index is 13.3. The van der Waals surface area contributed by atoms with E-state index in [0.717, 1.165) is 49.7 Å². The Morgan fingerprint density at radius 3 is 2.71 bits per heavy atom. The van der Waals surface area contributed by atoms with Gasteiger partial charge >= 0.3 is 0 Å². The van der Waals surface area contributed by atoms with Gasteiger partial charge in [-0.2, -0.15) is 0 Å². The van der Waals surface area contributed by atoms with Gasteiger partial charge in [-0.3, -0.25) is 4.90 Å². The summed E-state index contributed by atoms with van der Waals surface area (Å²) in [6.45, 7) is 2.87. The average molecular weight is 326 g/mol. The van der Waals surface area contributed by atoms with Gasteiger partial charge in [0.1, 0.15) is 17.5 Å².